The molecule has 1 N–H and O–H groups in total. The van der Waals surface area contributed by atoms with Crippen molar-refractivity contribution in [2.75, 3.05) is 0 Å². The molecule has 1 heterocycles. The van der Waals surface area contributed by atoms with Gasteiger partial charge in [-0.1, -0.05) is 18.2 Å². The van der Waals surface area contributed by atoms with Crippen molar-refractivity contribution >= 4 is 5.69 Å². The van der Waals surface area contributed by atoms with E-state index in [0.717, 1.165) is 5.76 Å². The lowest BCUT2D eigenvalue weighted by Crippen LogP contribution is -2.18. The van der Waals surface area contributed by atoms with E-state index in [2.05, 4.69) is 5.32 Å². The van der Waals surface area contributed by atoms with E-state index in [0.29, 0.717) is 12.1 Å². The summed E-state index contributed by atoms with van der Waals surface area (Å²) in [6, 6.07) is 10.4. The summed E-state index contributed by atoms with van der Waals surface area (Å²) in [6.45, 7) is 2.38. The third kappa shape index (κ3) is 2.75. The first-order chi connectivity index (χ1) is 8.68. The molecule has 2 rings (SSSR count). The molecule has 94 valence electrons. The summed E-state index contributed by atoms with van der Waals surface area (Å²) in [6.07, 6.45) is 1.61. The lowest BCUT2D eigenvalue weighted by molar-refractivity contribution is -0.385. The SMILES string of the molecule is CC(NCc1ccccc1[N+](=O)[O-])c1ccco1. The Hall–Kier alpha value is -2.14. The molecule has 1 atom stereocenters. The lowest BCUT2D eigenvalue weighted by Gasteiger charge is -2.11. The highest BCUT2D eigenvalue weighted by Gasteiger charge is 2.14. The molecule has 5 nitrogen and oxygen atoms in total. The van der Waals surface area contributed by atoms with Crippen LogP contribution in [0.4, 0.5) is 5.69 Å². The Balaban J connectivity index is 2.04. The summed E-state index contributed by atoms with van der Waals surface area (Å²) in [7, 11) is 0. The summed E-state index contributed by atoms with van der Waals surface area (Å²) < 4.78 is 5.27. The van der Waals surface area contributed by atoms with Gasteiger partial charge in [0.05, 0.1) is 17.2 Å². The monoisotopic (exact) mass is 246 g/mol. The maximum Gasteiger partial charge on any atom is 0.273 e. The molecular formula is C13H14N2O3. The van der Waals surface area contributed by atoms with Gasteiger partial charge < -0.3 is 9.73 Å². The standard InChI is InChI=1S/C13H14N2O3/c1-10(13-7-4-8-18-13)14-9-11-5-2-3-6-12(11)15(16)17/h2-8,10,14H,9H2,1H3. The third-order valence-corrected chi connectivity index (χ3v) is 2.76. The fourth-order valence-electron chi connectivity index (χ4n) is 1.74. The zero-order valence-corrected chi connectivity index (χ0v) is 10.00. The van der Waals surface area contributed by atoms with Crippen molar-refractivity contribution in [2.24, 2.45) is 0 Å². The van der Waals surface area contributed by atoms with Crippen molar-refractivity contribution < 1.29 is 9.34 Å². The summed E-state index contributed by atoms with van der Waals surface area (Å²) in [4.78, 5) is 10.5. The average molecular weight is 246 g/mol. The number of nitrogens with zero attached hydrogens (tertiary/aromatic N) is 1. The van der Waals surface area contributed by atoms with Gasteiger partial charge in [0, 0.05) is 18.2 Å². The Morgan fingerprint density at radius 2 is 2.11 bits per heavy atom. The van der Waals surface area contributed by atoms with Crippen molar-refractivity contribution in [1.82, 2.24) is 5.32 Å². The number of benzene rings is 1. The van der Waals surface area contributed by atoms with Gasteiger partial charge in [-0.05, 0) is 19.1 Å². The number of furan rings is 1. The van der Waals surface area contributed by atoms with Crippen LogP contribution in [-0.4, -0.2) is 4.92 Å². The van der Waals surface area contributed by atoms with Crippen molar-refractivity contribution in [1.29, 1.82) is 0 Å². The van der Waals surface area contributed by atoms with Gasteiger partial charge in [-0.2, -0.15) is 0 Å². The van der Waals surface area contributed by atoms with Crippen LogP contribution in [0.15, 0.2) is 47.1 Å². The smallest absolute Gasteiger partial charge is 0.273 e. The Labute approximate surface area is 105 Å². The van der Waals surface area contributed by atoms with Crippen LogP contribution in [-0.2, 0) is 6.54 Å². The number of hydrogen-bond donors (Lipinski definition) is 1. The molecule has 0 fully saturated rings. The molecule has 1 unspecified atom stereocenters. The highest BCUT2D eigenvalue weighted by atomic mass is 16.6. The summed E-state index contributed by atoms with van der Waals surface area (Å²) in [5, 5.41) is 14.1. The van der Waals surface area contributed by atoms with Crippen molar-refractivity contribution in [3.63, 3.8) is 0 Å². The van der Waals surface area contributed by atoms with E-state index in [4.69, 9.17) is 4.42 Å². The molecule has 1 aromatic carbocycles. The van der Waals surface area contributed by atoms with Gasteiger partial charge in [0.2, 0.25) is 0 Å². The van der Waals surface area contributed by atoms with Gasteiger partial charge in [-0.3, -0.25) is 10.1 Å². The summed E-state index contributed by atoms with van der Waals surface area (Å²) in [5.74, 6) is 0.814. The molecule has 18 heavy (non-hydrogen) atoms. The van der Waals surface area contributed by atoms with Crippen LogP contribution in [0, 0.1) is 10.1 Å². The predicted molar refractivity (Wildman–Crippen MR) is 67.1 cm³/mol. The Bertz CT molecular complexity index is 523. The second-order valence-corrected chi connectivity index (χ2v) is 4.00. The van der Waals surface area contributed by atoms with E-state index in [1.54, 1.807) is 24.5 Å². The van der Waals surface area contributed by atoms with Gasteiger partial charge >= 0.3 is 0 Å². The number of nitro benzene ring substituents is 1. The van der Waals surface area contributed by atoms with E-state index in [1.165, 1.54) is 6.07 Å². The minimum absolute atomic E-state index is 0.0137. The number of hydrogen-bond acceptors (Lipinski definition) is 4. The minimum Gasteiger partial charge on any atom is -0.468 e. The van der Waals surface area contributed by atoms with Crippen LogP contribution in [0.1, 0.15) is 24.3 Å². The maximum absolute atomic E-state index is 10.9. The second-order valence-electron chi connectivity index (χ2n) is 4.00. The molecule has 0 aliphatic carbocycles. The zero-order chi connectivity index (χ0) is 13.0. The van der Waals surface area contributed by atoms with E-state index < -0.39 is 0 Å². The highest BCUT2D eigenvalue weighted by molar-refractivity contribution is 5.39. The van der Waals surface area contributed by atoms with Crippen molar-refractivity contribution in [3.05, 3.63) is 64.1 Å². The topological polar surface area (TPSA) is 68.3 Å². The minimum atomic E-state index is -0.366. The first-order valence-corrected chi connectivity index (χ1v) is 5.67. The number of rotatable bonds is 5. The number of nitro groups is 1. The fraction of sp³-hybridized carbons (Fsp3) is 0.231. The number of nitrogens with one attached hydrogen (secondary N) is 1. The molecule has 2 aromatic rings. The quantitative estimate of drug-likeness (QED) is 0.650. The summed E-state index contributed by atoms with van der Waals surface area (Å²) in [5.41, 5.74) is 0.803. The van der Waals surface area contributed by atoms with Crippen LogP contribution in [0.5, 0.6) is 0 Å². The number of para-hydroxylation sites is 1. The van der Waals surface area contributed by atoms with Gasteiger partial charge in [0.1, 0.15) is 5.76 Å². The van der Waals surface area contributed by atoms with Gasteiger partial charge in [-0.15, -0.1) is 0 Å². The molecule has 5 heteroatoms. The van der Waals surface area contributed by atoms with Crippen LogP contribution < -0.4 is 5.32 Å². The van der Waals surface area contributed by atoms with Gasteiger partial charge in [0.25, 0.3) is 5.69 Å². The van der Waals surface area contributed by atoms with Crippen LogP contribution in [0.2, 0.25) is 0 Å². The molecule has 0 saturated heterocycles. The highest BCUT2D eigenvalue weighted by Crippen LogP contribution is 2.19. The maximum atomic E-state index is 10.9. The zero-order valence-electron chi connectivity index (χ0n) is 10.00. The van der Waals surface area contributed by atoms with Crippen LogP contribution in [0.25, 0.3) is 0 Å². The molecule has 0 spiro atoms. The third-order valence-electron chi connectivity index (χ3n) is 2.76. The largest absolute Gasteiger partial charge is 0.468 e. The molecule has 0 saturated carbocycles. The Morgan fingerprint density at radius 1 is 1.33 bits per heavy atom. The van der Waals surface area contributed by atoms with Gasteiger partial charge in [0.15, 0.2) is 0 Å². The molecule has 0 aliphatic heterocycles. The molecule has 0 radical (unpaired) electrons. The molecule has 0 aliphatic rings. The Morgan fingerprint density at radius 3 is 2.78 bits per heavy atom. The van der Waals surface area contributed by atoms with Crippen LogP contribution >= 0.6 is 0 Å². The van der Waals surface area contributed by atoms with E-state index in [-0.39, 0.29) is 16.7 Å². The van der Waals surface area contributed by atoms with Gasteiger partial charge in [-0.25, -0.2) is 0 Å². The molecule has 0 amide bonds. The Kier molecular flexibility index (Phi) is 3.74. The summed E-state index contributed by atoms with van der Waals surface area (Å²) >= 11 is 0. The normalized spacial score (nSPS) is 12.3. The van der Waals surface area contributed by atoms with Crippen molar-refractivity contribution in [3.8, 4) is 0 Å². The van der Waals surface area contributed by atoms with Crippen LogP contribution in [0.3, 0.4) is 0 Å². The lowest BCUT2D eigenvalue weighted by atomic mass is 10.1. The fourth-order valence-corrected chi connectivity index (χ4v) is 1.74. The molecular weight excluding hydrogens is 232 g/mol. The van der Waals surface area contributed by atoms with E-state index in [1.807, 2.05) is 19.1 Å². The van der Waals surface area contributed by atoms with E-state index >= 15 is 0 Å². The average Bonchev–Trinajstić information content (AvgIpc) is 2.90. The second kappa shape index (κ2) is 5.46. The predicted octanol–water partition coefficient (Wildman–Crippen LogP) is 3.04. The first kappa shape index (κ1) is 12.3. The van der Waals surface area contributed by atoms with E-state index in [9.17, 15) is 10.1 Å². The first-order valence-electron chi connectivity index (χ1n) is 5.67. The molecule has 1 aromatic heterocycles. The van der Waals surface area contributed by atoms with Crippen molar-refractivity contribution in [2.45, 2.75) is 19.5 Å². The molecule has 0 bridgehead atoms.